The largest absolute Gasteiger partial charge is 0.384 e. The Balaban J connectivity index is 2.17. The summed E-state index contributed by atoms with van der Waals surface area (Å²) in [4.78, 5) is 0. The molecule has 2 heteroatoms. The van der Waals surface area contributed by atoms with Crippen LogP contribution in [0.3, 0.4) is 0 Å². The molecule has 3 atom stereocenters. The third-order valence-electron chi connectivity index (χ3n) is 2.98. The molecule has 0 amide bonds. The average molecular weight is 188 g/mol. The summed E-state index contributed by atoms with van der Waals surface area (Å²) < 4.78 is 5.52. The number of rotatable bonds is 0. The number of aliphatic hydroxyl groups is 1. The molecule has 2 nitrogen and oxygen atoms in total. The lowest BCUT2D eigenvalue weighted by Crippen LogP contribution is -2.01. The maximum atomic E-state index is 10.0. The minimum absolute atomic E-state index is 0.179. The molecule has 3 unspecified atom stereocenters. The second kappa shape index (κ2) is 2.69. The van der Waals surface area contributed by atoms with Crippen molar-refractivity contribution in [2.24, 2.45) is 0 Å². The average Bonchev–Trinajstić information content (AvgIpc) is 2.95. The van der Waals surface area contributed by atoms with Crippen LogP contribution in [-0.4, -0.2) is 11.2 Å². The van der Waals surface area contributed by atoms with Gasteiger partial charge in [0, 0.05) is 0 Å². The van der Waals surface area contributed by atoms with Gasteiger partial charge in [0.25, 0.3) is 0 Å². The van der Waals surface area contributed by atoms with E-state index in [1.165, 1.54) is 0 Å². The van der Waals surface area contributed by atoms with Gasteiger partial charge in [0.1, 0.15) is 18.3 Å². The van der Waals surface area contributed by atoms with Gasteiger partial charge in [-0.1, -0.05) is 30.3 Å². The van der Waals surface area contributed by atoms with Crippen LogP contribution in [0.1, 0.15) is 30.3 Å². The summed E-state index contributed by atoms with van der Waals surface area (Å²) in [6, 6.07) is 7.96. The number of aliphatic hydroxyl groups excluding tert-OH is 1. The molecule has 1 heterocycles. The Kier molecular flexibility index (Phi) is 1.58. The molecule has 0 bridgehead atoms. The fourth-order valence-electron chi connectivity index (χ4n) is 2.12. The Morgan fingerprint density at radius 2 is 1.93 bits per heavy atom. The van der Waals surface area contributed by atoms with Gasteiger partial charge in [-0.05, 0) is 23.6 Å². The van der Waals surface area contributed by atoms with Gasteiger partial charge >= 0.3 is 0 Å². The van der Waals surface area contributed by atoms with E-state index in [9.17, 15) is 5.11 Å². The van der Waals surface area contributed by atoms with Gasteiger partial charge in [0.05, 0.1) is 0 Å². The zero-order valence-electron chi connectivity index (χ0n) is 7.97. The topological polar surface area (TPSA) is 32.8 Å². The fourth-order valence-corrected chi connectivity index (χ4v) is 2.12. The highest BCUT2D eigenvalue weighted by molar-refractivity contribution is 5.41. The molecular formula is C12H12O2. The van der Waals surface area contributed by atoms with E-state index in [-0.39, 0.29) is 12.2 Å². The molecule has 1 aromatic carbocycles. The first-order valence-electron chi connectivity index (χ1n) is 4.88. The lowest BCUT2D eigenvalue weighted by atomic mass is 9.98. The Bertz CT molecular complexity index is 409. The first kappa shape index (κ1) is 8.21. The van der Waals surface area contributed by atoms with Crippen molar-refractivity contribution in [2.75, 3.05) is 0 Å². The maximum Gasteiger partial charge on any atom is 0.114 e. The van der Waals surface area contributed by atoms with Gasteiger partial charge in [0.15, 0.2) is 0 Å². The SMILES string of the molecule is CC1=CC2OC2c2ccccc2C1O. The zero-order chi connectivity index (χ0) is 9.71. The van der Waals surface area contributed by atoms with Gasteiger partial charge < -0.3 is 9.84 Å². The predicted octanol–water partition coefficient (Wildman–Crippen LogP) is 2.12. The monoisotopic (exact) mass is 188 g/mol. The molecule has 14 heavy (non-hydrogen) atoms. The highest BCUT2D eigenvalue weighted by atomic mass is 16.6. The zero-order valence-corrected chi connectivity index (χ0v) is 7.97. The van der Waals surface area contributed by atoms with Crippen molar-refractivity contribution in [3.63, 3.8) is 0 Å². The number of ether oxygens (including phenoxy) is 1. The molecule has 2 aliphatic rings. The molecular weight excluding hydrogens is 176 g/mol. The van der Waals surface area contributed by atoms with E-state index < -0.39 is 6.10 Å². The number of benzene rings is 1. The van der Waals surface area contributed by atoms with Crippen LogP contribution in [0, 0.1) is 0 Å². The van der Waals surface area contributed by atoms with Crippen LogP contribution < -0.4 is 0 Å². The third-order valence-corrected chi connectivity index (χ3v) is 2.98. The summed E-state index contributed by atoms with van der Waals surface area (Å²) in [5.74, 6) is 0. The molecule has 72 valence electrons. The molecule has 0 saturated carbocycles. The first-order chi connectivity index (χ1) is 6.77. The van der Waals surface area contributed by atoms with E-state index in [2.05, 4.69) is 0 Å². The van der Waals surface area contributed by atoms with Crippen LogP contribution in [0.4, 0.5) is 0 Å². The second-order valence-corrected chi connectivity index (χ2v) is 3.96. The van der Waals surface area contributed by atoms with E-state index in [1.807, 2.05) is 37.3 Å². The predicted molar refractivity (Wildman–Crippen MR) is 52.8 cm³/mol. The Morgan fingerprint density at radius 1 is 1.21 bits per heavy atom. The molecule has 1 aliphatic heterocycles. The summed E-state index contributed by atoms with van der Waals surface area (Å²) >= 11 is 0. The summed E-state index contributed by atoms with van der Waals surface area (Å²) in [5.41, 5.74) is 3.12. The molecule has 1 fully saturated rings. The van der Waals surface area contributed by atoms with Crippen molar-refractivity contribution in [1.29, 1.82) is 0 Å². The number of epoxide rings is 1. The molecule has 0 aromatic heterocycles. The standard InChI is InChI=1S/C12H12O2/c1-7-6-10-12(14-10)9-5-3-2-4-8(9)11(7)13/h2-6,10-13H,1H3. The highest BCUT2D eigenvalue weighted by Crippen LogP contribution is 2.46. The minimum Gasteiger partial charge on any atom is -0.384 e. The van der Waals surface area contributed by atoms with E-state index >= 15 is 0 Å². The van der Waals surface area contributed by atoms with Crippen molar-refractivity contribution in [3.8, 4) is 0 Å². The fraction of sp³-hybridized carbons (Fsp3) is 0.333. The van der Waals surface area contributed by atoms with Crippen LogP contribution in [0.2, 0.25) is 0 Å². The quantitative estimate of drug-likeness (QED) is 0.499. The summed E-state index contributed by atoms with van der Waals surface area (Å²) in [6.45, 7) is 1.95. The van der Waals surface area contributed by atoms with Gasteiger partial charge in [-0.3, -0.25) is 0 Å². The Hall–Kier alpha value is -1.12. The molecule has 0 radical (unpaired) electrons. The Morgan fingerprint density at radius 3 is 2.71 bits per heavy atom. The van der Waals surface area contributed by atoms with E-state index in [0.29, 0.717) is 0 Å². The highest BCUT2D eigenvalue weighted by Gasteiger charge is 2.42. The lowest BCUT2D eigenvalue weighted by molar-refractivity contribution is 0.212. The lowest BCUT2D eigenvalue weighted by Gasteiger charge is -2.13. The molecule has 1 saturated heterocycles. The third kappa shape index (κ3) is 1.04. The minimum atomic E-state index is -0.456. The maximum absolute atomic E-state index is 10.0. The summed E-state index contributed by atoms with van der Waals surface area (Å²) in [7, 11) is 0. The van der Waals surface area contributed by atoms with Crippen molar-refractivity contribution in [3.05, 3.63) is 47.0 Å². The number of hydrogen-bond acceptors (Lipinski definition) is 2. The molecule has 1 aliphatic carbocycles. The van der Waals surface area contributed by atoms with E-state index in [0.717, 1.165) is 16.7 Å². The van der Waals surface area contributed by atoms with Crippen molar-refractivity contribution < 1.29 is 9.84 Å². The van der Waals surface area contributed by atoms with Gasteiger partial charge in [-0.25, -0.2) is 0 Å². The van der Waals surface area contributed by atoms with Crippen LogP contribution in [0.15, 0.2) is 35.9 Å². The van der Waals surface area contributed by atoms with Gasteiger partial charge in [-0.15, -0.1) is 0 Å². The van der Waals surface area contributed by atoms with Crippen molar-refractivity contribution in [1.82, 2.24) is 0 Å². The van der Waals surface area contributed by atoms with E-state index in [4.69, 9.17) is 4.74 Å². The Labute approximate surface area is 82.8 Å². The van der Waals surface area contributed by atoms with Crippen LogP contribution in [0.5, 0.6) is 0 Å². The second-order valence-electron chi connectivity index (χ2n) is 3.96. The molecule has 1 N–H and O–H groups in total. The van der Waals surface area contributed by atoms with E-state index in [1.54, 1.807) is 0 Å². The van der Waals surface area contributed by atoms with Gasteiger partial charge in [0.2, 0.25) is 0 Å². The van der Waals surface area contributed by atoms with Crippen LogP contribution in [-0.2, 0) is 4.74 Å². The molecule has 3 rings (SSSR count). The van der Waals surface area contributed by atoms with Crippen molar-refractivity contribution >= 4 is 0 Å². The van der Waals surface area contributed by atoms with Gasteiger partial charge in [-0.2, -0.15) is 0 Å². The summed E-state index contributed by atoms with van der Waals surface area (Å²) in [6.07, 6.45) is 1.93. The first-order valence-corrected chi connectivity index (χ1v) is 4.88. The van der Waals surface area contributed by atoms with Crippen LogP contribution >= 0.6 is 0 Å². The molecule has 1 aromatic rings. The number of hydrogen-bond donors (Lipinski definition) is 1. The smallest absolute Gasteiger partial charge is 0.114 e. The number of fused-ring (bicyclic) bond motifs is 3. The molecule has 0 spiro atoms. The van der Waals surface area contributed by atoms with Crippen LogP contribution in [0.25, 0.3) is 0 Å². The normalized spacial score (nSPS) is 33.9. The van der Waals surface area contributed by atoms with Crippen molar-refractivity contribution in [2.45, 2.75) is 25.2 Å². The summed E-state index contributed by atoms with van der Waals surface area (Å²) in [5, 5.41) is 10.0.